The maximum atomic E-state index is 12.3. The summed E-state index contributed by atoms with van der Waals surface area (Å²) in [5.74, 6) is 0.268. The van der Waals surface area contributed by atoms with Crippen LogP contribution in [0.3, 0.4) is 0 Å². The lowest BCUT2D eigenvalue weighted by molar-refractivity contribution is -0.112. The molecule has 2 aromatic rings. The first-order valence-electron chi connectivity index (χ1n) is 7.45. The van der Waals surface area contributed by atoms with Crippen LogP contribution in [0.1, 0.15) is 18.1 Å². The molecule has 1 amide bonds. The zero-order chi connectivity index (χ0) is 17.5. The van der Waals surface area contributed by atoms with E-state index in [0.717, 1.165) is 16.9 Å². The molecule has 0 saturated heterocycles. The molecule has 0 aliphatic carbocycles. The number of nitrogens with one attached hydrogen (secondary N) is 1. The van der Waals surface area contributed by atoms with E-state index < -0.39 is 5.91 Å². The summed E-state index contributed by atoms with van der Waals surface area (Å²) in [6.07, 6.45) is 1.53. The van der Waals surface area contributed by atoms with E-state index in [9.17, 15) is 10.1 Å². The van der Waals surface area contributed by atoms with Crippen molar-refractivity contribution in [2.45, 2.75) is 13.8 Å². The van der Waals surface area contributed by atoms with Crippen molar-refractivity contribution in [3.63, 3.8) is 0 Å². The number of amides is 1. The van der Waals surface area contributed by atoms with E-state index in [1.54, 1.807) is 42.5 Å². The summed E-state index contributed by atoms with van der Waals surface area (Å²) in [6.45, 7) is 4.35. The minimum Gasteiger partial charge on any atom is -0.494 e. The second-order valence-electron chi connectivity index (χ2n) is 5.09. The maximum absolute atomic E-state index is 12.3. The molecule has 0 saturated carbocycles. The van der Waals surface area contributed by atoms with E-state index in [4.69, 9.17) is 16.3 Å². The fourth-order valence-electron chi connectivity index (χ4n) is 2.06. The van der Waals surface area contributed by atoms with Gasteiger partial charge in [-0.05, 0) is 55.3 Å². The molecule has 2 aromatic carbocycles. The Balaban J connectivity index is 2.19. The molecule has 1 N–H and O–H groups in total. The molecule has 2 rings (SSSR count). The highest BCUT2D eigenvalue weighted by Crippen LogP contribution is 2.21. The smallest absolute Gasteiger partial charge is 0.266 e. The van der Waals surface area contributed by atoms with Crippen LogP contribution in [0.2, 0.25) is 5.02 Å². The van der Waals surface area contributed by atoms with Gasteiger partial charge in [0.05, 0.1) is 6.61 Å². The van der Waals surface area contributed by atoms with Crippen LogP contribution >= 0.6 is 11.6 Å². The quantitative estimate of drug-likeness (QED) is 0.639. The van der Waals surface area contributed by atoms with E-state index in [1.807, 2.05) is 19.9 Å². The van der Waals surface area contributed by atoms with Crippen LogP contribution < -0.4 is 10.1 Å². The van der Waals surface area contributed by atoms with Gasteiger partial charge < -0.3 is 10.1 Å². The number of aryl methyl sites for hydroxylation is 1. The molecule has 4 nitrogen and oxygen atoms in total. The molecule has 0 atom stereocenters. The molecule has 0 fully saturated rings. The van der Waals surface area contributed by atoms with Crippen LogP contribution in [0, 0.1) is 18.3 Å². The number of hydrogen-bond donors (Lipinski definition) is 1. The Morgan fingerprint density at radius 3 is 2.62 bits per heavy atom. The van der Waals surface area contributed by atoms with Gasteiger partial charge in [0.2, 0.25) is 0 Å². The predicted octanol–water partition coefficient (Wildman–Crippen LogP) is 4.59. The molecule has 0 radical (unpaired) electrons. The number of rotatable bonds is 5. The Hall–Kier alpha value is -2.77. The average Bonchev–Trinajstić information content (AvgIpc) is 2.57. The van der Waals surface area contributed by atoms with Gasteiger partial charge in [-0.2, -0.15) is 5.26 Å². The first-order valence-corrected chi connectivity index (χ1v) is 7.83. The van der Waals surface area contributed by atoms with Crippen molar-refractivity contribution < 1.29 is 9.53 Å². The molecular weight excluding hydrogens is 324 g/mol. The van der Waals surface area contributed by atoms with Gasteiger partial charge in [-0.15, -0.1) is 0 Å². The number of benzene rings is 2. The van der Waals surface area contributed by atoms with Gasteiger partial charge in [0.15, 0.2) is 0 Å². The van der Waals surface area contributed by atoms with E-state index >= 15 is 0 Å². The monoisotopic (exact) mass is 340 g/mol. The largest absolute Gasteiger partial charge is 0.494 e. The summed E-state index contributed by atoms with van der Waals surface area (Å²) in [6, 6.07) is 14.3. The highest BCUT2D eigenvalue weighted by molar-refractivity contribution is 6.31. The Bertz CT molecular complexity index is 805. The maximum Gasteiger partial charge on any atom is 0.266 e. The van der Waals surface area contributed by atoms with Crippen molar-refractivity contribution in [2.75, 3.05) is 11.9 Å². The lowest BCUT2D eigenvalue weighted by Gasteiger charge is -2.08. The van der Waals surface area contributed by atoms with Crippen molar-refractivity contribution in [1.29, 1.82) is 5.26 Å². The Kier molecular flexibility index (Phi) is 6.00. The second kappa shape index (κ2) is 8.19. The van der Waals surface area contributed by atoms with Crippen molar-refractivity contribution in [3.8, 4) is 11.8 Å². The number of halogens is 1. The lowest BCUT2D eigenvalue weighted by atomic mass is 10.1. The van der Waals surface area contributed by atoms with Crippen LogP contribution in [-0.2, 0) is 4.79 Å². The first kappa shape index (κ1) is 17.6. The highest BCUT2D eigenvalue weighted by atomic mass is 35.5. The third kappa shape index (κ3) is 4.61. The molecule has 0 unspecified atom stereocenters. The molecule has 0 aromatic heterocycles. The van der Waals surface area contributed by atoms with E-state index in [-0.39, 0.29) is 5.57 Å². The van der Waals surface area contributed by atoms with Crippen molar-refractivity contribution >= 4 is 29.3 Å². The van der Waals surface area contributed by atoms with Gasteiger partial charge in [-0.25, -0.2) is 0 Å². The average molecular weight is 341 g/mol. The summed E-state index contributed by atoms with van der Waals surface area (Å²) in [7, 11) is 0. The molecule has 0 bridgehead atoms. The van der Waals surface area contributed by atoms with Gasteiger partial charge in [0, 0.05) is 10.7 Å². The van der Waals surface area contributed by atoms with Gasteiger partial charge in [0.25, 0.3) is 5.91 Å². The van der Waals surface area contributed by atoms with Gasteiger partial charge in [-0.3, -0.25) is 4.79 Å². The number of ether oxygens (including phenoxy) is 1. The van der Waals surface area contributed by atoms with E-state index in [2.05, 4.69) is 5.32 Å². The fraction of sp³-hybridized carbons (Fsp3) is 0.158. The van der Waals surface area contributed by atoms with E-state index in [0.29, 0.717) is 17.3 Å². The Labute approximate surface area is 146 Å². The fourth-order valence-corrected chi connectivity index (χ4v) is 2.23. The summed E-state index contributed by atoms with van der Waals surface area (Å²) in [5.41, 5.74) is 2.21. The minimum atomic E-state index is -0.475. The lowest BCUT2D eigenvalue weighted by Crippen LogP contribution is -2.14. The second-order valence-corrected chi connectivity index (χ2v) is 5.52. The third-order valence-corrected chi connectivity index (χ3v) is 3.55. The molecule has 0 aliphatic heterocycles. The topological polar surface area (TPSA) is 62.1 Å². The zero-order valence-electron chi connectivity index (χ0n) is 13.5. The first-order chi connectivity index (χ1) is 11.5. The van der Waals surface area contributed by atoms with Crippen LogP contribution in [-0.4, -0.2) is 12.5 Å². The van der Waals surface area contributed by atoms with Crippen molar-refractivity contribution in [3.05, 3.63) is 64.2 Å². The number of nitrogens with zero attached hydrogens (tertiary/aromatic N) is 1. The van der Waals surface area contributed by atoms with E-state index in [1.165, 1.54) is 6.08 Å². The summed E-state index contributed by atoms with van der Waals surface area (Å²) < 4.78 is 5.37. The predicted molar refractivity (Wildman–Crippen MR) is 96.0 cm³/mol. The van der Waals surface area contributed by atoms with Crippen LogP contribution in [0.4, 0.5) is 5.69 Å². The van der Waals surface area contributed by atoms with Gasteiger partial charge in [0.1, 0.15) is 17.4 Å². The highest BCUT2D eigenvalue weighted by Gasteiger charge is 2.11. The van der Waals surface area contributed by atoms with Crippen LogP contribution in [0.15, 0.2) is 48.0 Å². The zero-order valence-corrected chi connectivity index (χ0v) is 14.2. The minimum absolute atomic E-state index is 0.0125. The molecule has 0 spiro atoms. The molecule has 5 heteroatoms. The summed E-state index contributed by atoms with van der Waals surface area (Å²) in [4.78, 5) is 12.3. The van der Waals surface area contributed by atoms with Gasteiger partial charge in [-0.1, -0.05) is 29.8 Å². The number of anilines is 1. The number of hydrogen-bond acceptors (Lipinski definition) is 3. The molecule has 122 valence electrons. The normalized spacial score (nSPS) is 10.8. The van der Waals surface area contributed by atoms with Crippen molar-refractivity contribution in [1.82, 2.24) is 0 Å². The van der Waals surface area contributed by atoms with Crippen molar-refractivity contribution in [2.24, 2.45) is 0 Å². The summed E-state index contributed by atoms with van der Waals surface area (Å²) in [5, 5.41) is 12.5. The number of carbonyl (C=O) groups is 1. The molecule has 0 heterocycles. The standard InChI is InChI=1S/C19H17ClN2O2/c1-3-24-17-8-5-14(6-9-17)10-15(12-21)19(23)22-18-11-16(20)7-4-13(18)2/h4-11H,3H2,1-2H3,(H,22,23)/b15-10+. The van der Waals surface area contributed by atoms with Gasteiger partial charge >= 0.3 is 0 Å². The Morgan fingerprint density at radius 1 is 1.29 bits per heavy atom. The number of nitriles is 1. The third-order valence-electron chi connectivity index (χ3n) is 3.32. The molecule has 24 heavy (non-hydrogen) atoms. The Morgan fingerprint density at radius 2 is 2.00 bits per heavy atom. The van der Waals surface area contributed by atoms with Crippen LogP contribution in [0.5, 0.6) is 5.75 Å². The summed E-state index contributed by atoms with van der Waals surface area (Å²) >= 11 is 5.94. The SMILES string of the molecule is CCOc1ccc(/C=C(\C#N)C(=O)Nc2cc(Cl)ccc2C)cc1. The van der Waals surface area contributed by atoms with Crippen LogP contribution in [0.25, 0.3) is 6.08 Å². The molecule has 0 aliphatic rings. The number of carbonyl (C=O) groups excluding carboxylic acids is 1. The molecular formula is C19H17ClN2O2.